The Kier molecular flexibility index (Phi) is 5.55. The van der Waals surface area contributed by atoms with Gasteiger partial charge < -0.3 is 10.1 Å². The number of ether oxygens (including phenoxy) is 1. The lowest BCUT2D eigenvalue weighted by molar-refractivity contribution is 0.0184. The molecule has 2 rings (SSSR count). The SMILES string of the molecule is CCCNC(c1ccc(F)cc1C)C(OCC)C1CC1. The second-order valence-corrected chi connectivity index (χ2v) is 5.69. The Morgan fingerprint density at radius 1 is 1.35 bits per heavy atom. The zero-order valence-corrected chi connectivity index (χ0v) is 12.8. The van der Waals surface area contributed by atoms with Crippen LogP contribution in [-0.4, -0.2) is 19.3 Å². The number of halogens is 1. The Morgan fingerprint density at radius 2 is 2.10 bits per heavy atom. The summed E-state index contributed by atoms with van der Waals surface area (Å²) < 4.78 is 19.3. The lowest BCUT2D eigenvalue weighted by atomic mass is 9.94. The predicted octanol–water partition coefficient (Wildman–Crippen LogP) is 3.99. The average Bonchev–Trinajstić information content (AvgIpc) is 3.23. The molecule has 3 heteroatoms. The van der Waals surface area contributed by atoms with Crippen LogP contribution in [0.1, 0.15) is 50.3 Å². The number of rotatable bonds is 8. The first-order chi connectivity index (χ1) is 9.67. The Labute approximate surface area is 121 Å². The Hall–Kier alpha value is -0.930. The first-order valence-electron chi connectivity index (χ1n) is 7.78. The van der Waals surface area contributed by atoms with Crippen LogP contribution in [0.4, 0.5) is 4.39 Å². The standard InChI is InChI=1S/C17H26FNO/c1-4-10-19-16(17(20-5-2)13-6-7-13)15-9-8-14(18)11-12(15)3/h8-9,11,13,16-17,19H,4-7,10H2,1-3H3. The van der Waals surface area contributed by atoms with Gasteiger partial charge in [0.15, 0.2) is 0 Å². The molecule has 1 fully saturated rings. The van der Waals surface area contributed by atoms with Crippen LogP contribution in [-0.2, 0) is 4.74 Å². The molecule has 1 aliphatic carbocycles. The molecule has 1 aliphatic rings. The first-order valence-corrected chi connectivity index (χ1v) is 7.78. The lowest BCUT2D eigenvalue weighted by Crippen LogP contribution is -2.36. The second-order valence-electron chi connectivity index (χ2n) is 5.69. The molecule has 0 radical (unpaired) electrons. The van der Waals surface area contributed by atoms with Crippen molar-refractivity contribution in [2.75, 3.05) is 13.2 Å². The first kappa shape index (κ1) is 15.5. The van der Waals surface area contributed by atoms with Crippen molar-refractivity contribution in [3.8, 4) is 0 Å². The molecule has 0 amide bonds. The van der Waals surface area contributed by atoms with E-state index >= 15 is 0 Å². The van der Waals surface area contributed by atoms with Gasteiger partial charge in [0.2, 0.25) is 0 Å². The molecule has 20 heavy (non-hydrogen) atoms. The van der Waals surface area contributed by atoms with Gasteiger partial charge in [0.1, 0.15) is 5.82 Å². The summed E-state index contributed by atoms with van der Waals surface area (Å²) in [5, 5.41) is 3.60. The maximum atomic E-state index is 13.3. The van der Waals surface area contributed by atoms with Gasteiger partial charge in [-0.15, -0.1) is 0 Å². The van der Waals surface area contributed by atoms with E-state index in [0.29, 0.717) is 5.92 Å². The van der Waals surface area contributed by atoms with E-state index in [4.69, 9.17) is 4.74 Å². The molecule has 0 aliphatic heterocycles. The molecule has 2 atom stereocenters. The zero-order valence-electron chi connectivity index (χ0n) is 12.8. The molecule has 0 saturated heterocycles. The van der Waals surface area contributed by atoms with Crippen molar-refractivity contribution in [1.29, 1.82) is 0 Å². The van der Waals surface area contributed by atoms with Crippen LogP contribution in [0.2, 0.25) is 0 Å². The van der Waals surface area contributed by atoms with Crippen molar-refractivity contribution >= 4 is 0 Å². The molecule has 2 nitrogen and oxygen atoms in total. The van der Waals surface area contributed by atoms with E-state index < -0.39 is 0 Å². The van der Waals surface area contributed by atoms with Crippen molar-refractivity contribution in [1.82, 2.24) is 5.32 Å². The van der Waals surface area contributed by atoms with E-state index in [1.54, 1.807) is 12.1 Å². The smallest absolute Gasteiger partial charge is 0.123 e. The van der Waals surface area contributed by atoms with Crippen molar-refractivity contribution in [2.24, 2.45) is 5.92 Å². The third-order valence-electron chi connectivity index (χ3n) is 3.96. The number of hydrogen-bond acceptors (Lipinski definition) is 2. The summed E-state index contributed by atoms with van der Waals surface area (Å²) >= 11 is 0. The monoisotopic (exact) mass is 279 g/mol. The Morgan fingerprint density at radius 3 is 2.65 bits per heavy atom. The van der Waals surface area contributed by atoms with Crippen molar-refractivity contribution in [3.63, 3.8) is 0 Å². The third-order valence-corrected chi connectivity index (χ3v) is 3.96. The second kappa shape index (κ2) is 7.19. The Bertz CT molecular complexity index is 431. The van der Waals surface area contributed by atoms with Gasteiger partial charge in [0, 0.05) is 6.61 Å². The maximum absolute atomic E-state index is 13.3. The molecular weight excluding hydrogens is 253 g/mol. The molecule has 0 aromatic heterocycles. The Balaban J connectivity index is 2.24. The van der Waals surface area contributed by atoms with Crippen molar-refractivity contribution in [3.05, 3.63) is 35.1 Å². The van der Waals surface area contributed by atoms with E-state index in [1.807, 2.05) is 19.9 Å². The van der Waals surface area contributed by atoms with Crippen LogP contribution in [0.3, 0.4) is 0 Å². The minimum absolute atomic E-state index is 0.167. The number of benzene rings is 1. The van der Waals surface area contributed by atoms with E-state index in [2.05, 4.69) is 12.2 Å². The van der Waals surface area contributed by atoms with E-state index in [9.17, 15) is 4.39 Å². The molecule has 0 bridgehead atoms. The third kappa shape index (κ3) is 3.80. The molecule has 112 valence electrons. The quantitative estimate of drug-likeness (QED) is 0.777. The highest BCUT2D eigenvalue weighted by atomic mass is 19.1. The number of aryl methyl sites for hydroxylation is 1. The van der Waals surface area contributed by atoms with Gasteiger partial charge in [0.25, 0.3) is 0 Å². The molecule has 0 spiro atoms. The van der Waals surface area contributed by atoms with Gasteiger partial charge in [-0.25, -0.2) is 4.39 Å². The fourth-order valence-electron chi connectivity index (χ4n) is 2.81. The molecule has 1 N–H and O–H groups in total. The lowest BCUT2D eigenvalue weighted by Gasteiger charge is -2.29. The maximum Gasteiger partial charge on any atom is 0.123 e. The van der Waals surface area contributed by atoms with Gasteiger partial charge in [-0.1, -0.05) is 13.0 Å². The topological polar surface area (TPSA) is 21.3 Å². The summed E-state index contributed by atoms with van der Waals surface area (Å²) in [6, 6.07) is 5.25. The van der Waals surface area contributed by atoms with Gasteiger partial charge >= 0.3 is 0 Å². The van der Waals surface area contributed by atoms with Crippen LogP contribution in [0.25, 0.3) is 0 Å². The fraction of sp³-hybridized carbons (Fsp3) is 0.647. The van der Waals surface area contributed by atoms with Crippen LogP contribution in [0.15, 0.2) is 18.2 Å². The molecule has 1 aromatic rings. The molecular formula is C17H26FNO. The molecule has 1 aromatic carbocycles. The highest BCUT2D eigenvalue weighted by molar-refractivity contribution is 5.31. The van der Waals surface area contributed by atoms with Crippen LogP contribution >= 0.6 is 0 Å². The van der Waals surface area contributed by atoms with E-state index in [-0.39, 0.29) is 18.0 Å². The highest BCUT2D eigenvalue weighted by Crippen LogP contribution is 2.40. The summed E-state index contributed by atoms with van der Waals surface area (Å²) in [7, 11) is 0. The van der Waals surface area contributed by atoms with E-state index in [0.717, 1.165) is 25.1 Å². The predicted molar refractivity (Wildman–Crippen MR) is 80.3 cm³/mol. The van der Waals surface area contributed by atoms with Gasteiger partial charge in [-0.2, -0.15) is 0 Å². The summed E-state index contributed by atoms with van der Waals surface area (Å²) in [5.41, 5.74) is 2.18. The molecule has 0 heterocycles. The summed E-state index contributed by atoms with van der Waals surface area (Å²) in [4.78, 5) is 0. The van der Waals surface area contributed by atoms with Crippen molar-refractivity contribution in [2.45, 2.75) is 52.2 Å². The summed E-state index contributed by atoms with van der Waals surface area (Å²) in [6.45, 7) is 7.87. The van der Waals surface area contributed by atoms with Crippen LogP contribution < -0.4 is 5.32 Å². The van der Waals surface area contributed by atoms with Crippen LogP contribution in [0, 0.1) is 18.7 Å². The molecule has 2 unspecified atom stereocenters. The van der Waals surface area contributed by atoms with Gasteiger partial charge in [0.05, 0.1) is 12.1 Å². The number of nitrogens with one attached hydrogen (secondary N) is 1. The van der Waals surface area contributed by atoms with E-state index in [1.165, 1.54) is 18.4 Å². The minimum atomic E-state index is -0.167. The largest absolute Gasteiger partial charge is 0.376 e. The number of hydrogen-bond donors (Lipinski definition) is 1. The van der Waals surface area contributed by atoms with Crippen LogP contribution in [0.5, 0.6) is 0 Å². The van der Waals surface area contributed by atoms with Gasteiger partial charge in [-0.05, 0) is 68.8 Å². The fourth-order valence-corrected chi connectivity index (χ4v) is 2.81. The molecule has 1 saturated carbocycles. The van der Waals surface area contributed by atoms with Gasteiger partial charge in [-0.3, -0.25) is 0 Å². The minimum Gasteiger partial charge on any atom is -0.376 e. The zero-order chi connectivity index (χ0) is 14.5. The average molecular weight is 279 g/mol. The highest BCUT2D eigenvalue weighted by Gasteiger charge is 2.38. The summed E-state index contributed by atoms with van der Waals surface area (Å²) in [6.07, 6.45) is 3.78. The summed E-state index contributed by atoms with van der Waals surface area (Å²) in [5.74, 6) is 0.480. The normalized spacial score (nSPS) is 18.0. The van der Waals surface area contributed by atoms with Crippen molar-refractivity contribution < 1.29 is 9.13 Å².